The third-order valence-electron chi connectivity index (χ3n) is 2.53. The molecule has 3 heteroatoms. The Morgan fingerprint density at radius 3 is 2.59 bits per heavy atom. The fourth-order valence-corrected chi connectivity index (χ4v) is 2.23. The Morgan fingerprint density at radius 1 is 1.12 bits per heavy atom. The highest BCUT2D eigenvalue weighted by atomic mass is 127. The van der Waals surface area contributed by atoms with Crippen LogP contribution in [0.5, 0.6) is 0 Å². The van der Waals surface area contributed by atoms with Crippen LogP contribution in [0, 0.1) is 3.57 Å². The molecule has 1 N–H and O–H groups in total. The number of ketones is 1. The highest BCUT2D eigenvalue weighted by Crippen LogP contribution is 2.19. The fourth-order valence-electron chi connectivity index (χ4n) is 1.68. The van der Waals surface area contributed by atoms with Gasteiger partial charge >= 0.3 is 0 Å². The molecule has 0 unspecified atom stereocenters. The zero-order chi connectivity index (χ0) is 12.3. The molecule has 2 aromatic carbocycles. The number of carbonyl (C=O) groups is 1. The maximum atomic E-state index is 12.3. The van der Waals surface area contributed by atoms with Crippen molar-refractivity contribution in [3.05, 3.63) is 63.2 Å². The van der Waals surface area contributed by atoms with E-state index in [1.807, 2.05) is 55.6 Å². The first kappa shape index (κ1) is 12.1. The van der Waals surface area contributed by atoms with Gasteiger partial charge in [0, 0.05) is 27.4 Å². The summed E-state index contributed by atoms with van der Waals surface area (Å²) in [5, 5.41) is 3.04. The lowest BCUT2D eigenvalue weighted by atomic mass is 10.0. The summed E-state index contributed by atoms with van der Waals surface area (Å²) >= 11 is 2.21. The molecule has 17 heavy (non-hydrogen) atoms. The van der Waals surface area contributed by atoms with Crippen molar-refractivity contribution in [1.29, 1.82) is 0 Å². The van der Waals surface area contributed by atoms with Crippen LogP contribution in [0.25, 0.3) is 0 Å². The van der Waals surface area contributed by atoms with Crippen molar-refractivity contribution in [3.63, 3.8) is 0 Å². The van der Waals surface area contributed by atoms with E-state index in [9.17, 15) is 4.79 Å². The summed E-state index contributed by atoms with van der Waals surface area (Å²) in [6.07, 6.45) is 0. The first-order valence-electron chi connectivity index (χ1n) is 5.29. The summed E-state index contributed by atoms with van der Waals surface area (Å²) in [4.78, 5) is 12.3. The van der Waals surface area contributed by atoms with Crippen molar-refractivity contribution < 1.29 is 4.79 Å². The van der Waals surface area contributed by atoms with Crippen molar-refractivity contribution in [2.75, 3.05) is 12.4 Å². The summed E-state index contributed by atoms with van der Waals surface area (Å²) in [7, 11) is 1.82. The van der Waals surface area contributed by atoms with Crippen molar-refractivity contribution in [1.82, 2.24) is 0 Å². The van der Waals surface area contributed by atoms with Crippen LogP contribution in [-0.2, 0) is 0 Å². The number of benzene rings is 2. The minimum absolute atomic E-state index is 0.0495. The largest absolute Gasteiger partial charge is 0.388 e. The SMILES string of the molecule is CNc1ccccc1C(=O)c1cccc(I)c1. The van der Waals surface area contributed by atoms with E-state index in [1.165, 1.54) is 0 Å². The van der Waals surface area contributed by atoms with Crippen molar-refractivity contribution in [2.45, 2.75) is 0 Å². The smallest absolute Gasteiger partial charge is 0.195 e. The molecule has 0 saturated heterocycles. The molecule has 0 bridgehead atoms. The molecule has 0 aromatic heterocycles. The zero-order valence-electron chi connectivity index (χ0n) is 9.41. The van der Waals surface area contributed by atoms with Gasteiger partial charge in [-0.3, -0.25) is 4.79 Å². The summed E-state index contributed by atoms with van der Waals surface area (Å²) in [6.45, 7) is 0. The average molecular weight is 337 g/mol. The Hall–Kier alpha value is -1.36. The van der Waals surface area contributed by atoms with Gasteiger partial charge in [-0.25, -0.2) is 0 Å². The van der Waals surface area contributed by atoms with E-state index in [2.05, 4.69) is 27.9 Å². The lowest BCUT2D eigenvalue weighted by molar-refractivity contribution is 0.103. The van der Waals surface area contributed by atoms with Crippen LogP contribution in [0.3, 0.4) is 0 Å². The highest BCUT2D eigenvalue weighted by molar-refractivity contribution is 14.1. The number of hydrogen-bond donors (Lipinski definition) is 1. The standard InChI is InChI=1S/C14H12INO/c1-16-13-8-3-2-7-12(13)14(17)10-5-4-6-11(15)9-10/h2-9,16H,1H3. The molecular weight excluding hydrogens is 325 g/mol. The summed E-state index contributed by atoms with van der Waals surface area (Å²) in [5.74, 6) is 0.0495. The van der Waals surface area contributed by atoms with Crippen molar-refractivity contribution >= 4 is 34.1 Å². The van der Waals surface area contributed by atoms with Gasteiger partial charge in [-0.05, 0) is 46.9 Å². The third kappa shape index (κ3) is 2.66. The predicted molar refractivity (Wildman–Crippen MR) is 78.6 cm³/mol. The average Bonchev–Trinajstić information content (AvgIpc) is 2.38. The quantitative estimate of drug-likeness (QED) is 0.685. The Kier molecular flexibility index (Phi) is 3.78. The van der Waals surface area contributed by atoms with Crippen LogP contribution >= 0.6 is 22.6 Å². The van der Waals surface area contributed by atoms with Gasteiger partial charge in [-0.1, -0.05) is 24.3 Å². The first-order chi connectivity index (χ1) is 8.22. The Labute approximate surface area is 114 Å². The second-order valence-corrected chi connectivity index (χ2v) is 4.88. The van der Waals surface area contributed by atoms with Crippen LogP contribution in [0.15, 0.2) is 48.5 Å². The normalized spacial score (nSPS) is 10.0. The molecule has 0 radical (unpaired) electrons. The predicted octanol–water partition coefficient (Wildman–Crippen LogP) is 3.56. The molecule has 0 aliphatic heterocycles. The van der Waals surface area contributed by atoms with Gasteiger partial charge in [0.1, 0.15) is 0 Å². The lowest BCUT2D eigenvalue weighted by Crippen LogP contribution is -2.05. The van der Waals surface area contributed by atoms with Gasteiger partial charge in [-0.15, -0.1) is 0 Å². The monoisotopic (exact) mass is 337 g/mol. The van der Waals surface area contributed by atoms with E-state index in [0.717, 1.165) is 14.8 Å². The topological polar surface area (TPSA) is 29.1 Å². The molecule has 0 fully saturated rings. The van der Waals surface area contributed by atoms with E-state index in [4.69, 9.17) is 0 Å². The van der Waals surface area contributed by atoms with Crippen LogP contribution in [-0.4, -0.2) is 12.8 Å². The van der Waals surface area contributed by atoms with Crippen LogP contribution < -0.4 is 5.32 Å². The fraction of sp³-hybridized carbons (Fsp3) is 0.0714. The highest BCUT2D eigenvalue weighted by Gasteiger charge is 2.12. The Balaban J connectivity index is 2.44. The van der Waals surface area contributed by atoms with E-state index in [-0.39, 0.29) is 5.78 Å². The van der Waals surface area contributed by atoms with E-state index in [1.54, 1.807) is 0 Å². The maximum Gasteiger partial charge on any atom is 0.195 e. The van der Waals surface area contributed by atoms with E-state index in [0.29, 0.717) is 5.56 Å². The molecule has 2 rings (SSSR count). The minimum atomic E-state index is 0.0495. The number of hydrogen-bond acceptors (Lipinski definition) is 2. The molecule has 0 atom stereocenters. The molecule has 0 amide bonds. The molecule has 2 nitrogen and oxygen atoms in total. The second-order valence-electron chi connectivity index (χ2n) is 3.64. The van der Waals surface area contributed by atoms with Gasteiger partial charge in [0.2, 0.25) is 0 Å². The van der Waals surface area contributed by atoms with Gasteiger partial charge in [0.15, 0.2) is 5.78 Å². The number of nitrogens with one attached hydrogen (secondary N) is 1. The van der Waals surface area contributed by atoms with E-state index >= 15 is 0 Å². The number of anilines is 1. The summed E-state index contributed by atoms with van der Waals surface area (Å²) < 4.78 is 1.07. The number of para-hydroxylation sites is 1. The van der Waals surface area contributed by atoms with Crippen molar-refractivity contribution in [2.24, 2.45) is 0 Å². The maximum absolute atomic E-state index is 12.3. The van der Waals surface area contributed by atoms with Gasteiger partial charge in [-0.2, -0.15) is 0 Å². The summed E-state index contributed by atoms with van der Waals surface area (Å²) in [5.41, 5.74) is 2.29. The Bertz CT molecular complexity index is 551. The number of rotatable bonds is 3. The van der Waals surface area contributed by atoms with Crippen molar-refractivity contribution in [3.8, 4) is 0 Å². The molecule has 0 aliphatic carbocycles. The lowest BCUT2D eigenvalue weighted by Gasteiger charge is -2.07. The van der Waals surface area contributed by atoms with Crippen LogP contribution in [0.1, 0.15) is 15.9 Å². The zero-order valence-corrected chi connectivity index (χ0v) is 11.6. The second kappa shape index (κ2) is 5.31. The number of carbonyl (C=O) groups excluding carboxylic acids is 1. The first-order valence-corrected chi connectivity index (χ1v) is 6.37. The Morgan fingerprint density at radius 2 is 1.88 bits per heavy atom. The van der Waals surface area contributed by atoms with Crippen LogP contribution in [0.4, 0.5) is 5.69 Å². The molecule has 0 heterocycles. The molecule has 86 valence electrons. The molecule has 0 aliphatic rings. The molecule has 0 saturated carbocycles. The minimum Gasteiger partial charge on any atom is -0.388 e. The number of halogens is 1. The third-order valence-corrected chi connectivity index (χ3v) is 3.20. The van der Waals surface area contributed by atoms with Gasteiger partial charge < -0.3 is 5.32 Å². The van der Waals surface area contributed by atoms with Gasteiger partial charge in [0.25, 0.3) is 0 Å². The van der Waals surface area contributed by atoms with Gasteiger partial charge in [0.05, 0.1) is 0 Å². The van der Waals surface area contributed by atoms with Crippen LogP contribution in [0.2, 0.25) is 0 Å². The molecular formula is C14H12INO. The summed E-state index contributed by atoms with van der Waals surface area (Å²) in [6, 6.07) is 15.2. The molecule has 0 spiro atoms. The van der Waals surface area contributed by atoms with E-state index < -0.39 is 0 Å². The molecule has 2 aromatic rings.